The van der Waals surface area contributed by atoms with Gasteiger partial charge in [-0.25, -0.2) is 0 Å². The lowest BCUT2D eigenvalue weighted by Gasteiger charge is -2.39. The molecule has 254 valence electrons. The lowest BCUT2D eigenvalue weighted by Crippen LogP contribution is -2.35. The normalized spacial score (nSPS) is 18.0. The molecule has 3 aromatic rings. The number of amides is 2. The monoisotopic (exact) mass is 692 g/mol. The van der Waals surface area contributed by atoms with Gasteiger partial charge in [0.15, 0.2) is 0 Å². The van der Waals surface area contributed by atoms with Gasteiger partial charge in [-0.1, -0.05) is 62.7 Å². The molecule has 1 saturated carbocycles. The van der Waals surface area contributed by atoms with Gasteiger partial charge in [-0.2, -0.15) is 21.6 Å². The number of benzene rings is 3. The first-order valence-electron chi connectivity index (χ1n) is 15.5. The van der Waals surface area contributed by atoms with Gasteiger partial charge < -0.3 is 10.6 Å². The SMILES string of the molecule is CC(C)(C)C1CCC(C(Cc2ccc(C(=O)NCCS(=O)(=O)O)cc2)C(=O)Nc2ccc(-c3ccc(C(F)(F)F)cc3Cl)cc2)CC1. The highest BCUT2D eigenvalue weighted by Crippen LogP contribution is 2.43. The average Bonchev–Trinajstić information content (AvgIpc) is 2.99. The Kier molecular flexibility index (Phi) is 11.5. The fourth-order valence-corrected chi connectivity index (χ4v) is 6.85. The molecular formula is C35H40ClF3N2O5S. The summed E-state index contributed by atoms with van der Waals surface area (Å²) in [5.41, 5.74) is 2.15. The first-order valence-corrected chi connectivity index (χ1v) is 17.5. The lowest BCUT2D eigenvalue weighted by molar-refractivity contribution is -0.137. The van der Waals surface area contributed by atoms with Crippen molar-refractivity contribution < 1.29 is 35.7 Å². The largest absolute Gasteiger partial charge is 0.416 e. The van der Waals surface area contributed by atoms with E-state index in [-0.39, 0.29) is 34.7 Å². The maximum absolute atomic E-state index is 13.8. The van der Waals surface area contributed by atoms with Crippen LogP contribution in [-0.4, -0.2) is 37.1 Å². The van der Waals surface area contributed by atoms with Crippen LogP contribution in [0.15, 0.2) is 66.7 Å². The molecule has 0 saturated heterocycles. The van der Waals surface area contributed by atoms with E-state index >= 15 is 0 Å². The standard InChI is InChI=1S/C35H40ClF3N2O5S/c1-34(2,3)26-12-8-24(9-13-26)30(20-22-4-6-25(7-5-22)32(42)40-18-19-47(44,45)46)33(43)41-28-15-10-23(11-16-28)29-17-14-27(21-31(29)36)35(37,38)39/h4-7,10-11,14-17,21,24,26,30H,8-9,12-13,18-20H2,1-3H3,(H,40,42)(H,41,43)(H,44,45,46). The molecule has 7 nitrogen and oxygen atoms in total. The maximum Gasteiger partial charge on any atom is 0.416 e. The molecule has 1 unspecified atom stereocenters. The fourth-order valence-electron chi connectivity index (χ4n) is 6.20. The van der Waals surface area contributed by atoms with E-state index in [4.69, 9.17) is 16.2 Å². The molecule has 0 heterocycles. The Bertz CT molecular complexity index is 1660. The van der Waals surface area contributed by atoms with Gasteiger partial charge in [0.25, 0.3) is 16.0 Å². The minimum atomic E-state index is -4.50. The molecule has 1 aliphatic rings. The molecule has 1 aliphatic carbocycles. The number of carbonyl (C=O) groups is 2. The Morgan fingerprint density at radius 1 is 0.936 bits per heavy atom. The predicted molar refractivity (Wildman–Crippen MR) is 178 cm³/mol. The molecule has 0 aromatic heterocycles. The zero-order valence-corrected chi connectivity index (χ0v) is 28.1. The zero-order valence-electron chi connectivity index (χ0n) is 26.5. The van der Waals surface area contributed by atoms with Crippen LogP contribution in [0.4, 0.5) is 18.9 Å². The van der Waals surface area contributed by atoms with Gasteiger partial charge >= 0.3 is 6.18 Å². The maximum atomic E-state index is 13.8. The zero-order chi connectivity index (χ0) is 34.6. The van der Waals surface area contributed by atoms with Crippen LogP contribution in [0.5, 0.6) is 0 Å². The Morgan fingerprint density at radius 3 is 2.09 bits per heavy atom. The third-order valence-corrected chi connectivity index (χ3v) is 10.0. The molecule has 1 fully saturated rings. The number of hydrogen-bond acceptors (Lipinski definition) is 4. The lowest BCUT2D eigenvalue weighted by atomic mass is 9.66. The summed E-state index contributed by atoms with van der Waals surface area (Å²) in [5.74, 6) is -0.855. The Hall–Kier alpha value is -3.41. The molecule has 0 bridgehead atoms. The van der Waals surface area contributed by atoms with Crippen molar-refractivity contribution in [2.24, 2.45) is 23.2 Å². The van der Waals surface area contributed by atoms with Crippen molar-refractivity contribution in [2.75, 3.05) is 17.6 Å². The van der Waals surface area contributed by atoms with E-state index in [9.17, 15) is 31.2 Å². The van der Waals surface area contributed by atoms with E-state index in [1.807, 2.05) is 0 Å². The van der Waals surface area contributed by atoms with Crippen LogP contribution in [0.1, 0.15) is 67.9 Å². The summed E-state index contributed by atoms with van der Waals surface area (Å²) in [7, 11) is -4.19. The first-order chi connectivity index (χ1) is 21.9. The average molecular weight is 693 g/mol. The molecule has 0 spiro atoms. The van der Waals surface area contributed by atoms with Gasteiger partial charge in [-0.15, -0.1) is 0 Å². The molecule has 1 atom stereocenters. The summed E-state index contributed by atoms with van der Waals surface area (Å²) in [6, 6.07) is 16.8. The number of halogens is 4. The van der Waals surface area contributed by atoms with Crippen molar-refractivity contribution >= 4 is 39.2 Å². The van der Waals surface area contributed by atoms with Crippen molar-refractivity contribution in [1.82, 2.24) is 5.32 Å². The number of carbonyl (C=O) groups excluding carboxylic acids is 2. The van der Waals surface area contributed by atoms with Crippen LogP contribution in [0, 0.1) is 23.2 Å². The van der Waals surface area contributed by atoms with Crippen molar-refractivity contribution in [3.8, 4) is 11.1 Å². The van der Waals surface area contributed by atoms with Gasteiger partial charge in [0.1, 0.15) is 0 Å². The first kappa shape index (κ1) is 36.4. The van der Waals surface area contributed by atoms with Crippen LogP contribution < -0.4 is 10.6 Å². The number of hydrogen-bond donors (Lipinski definition) is 3. The third kappa shape index (κ3) is 10.3. The van der Waals surface area contributed by atoms with Crippen molar-refractivity contribution in [2.45, 2.75) is 59.1 Å². The Morgan fingerprint density at radius 2 is 1.55 bits per heavy atom. The minimum absolute atomic E-state index is 0.0239. The fraction of sp³-hybridized carbons (Fsp3) is 0.429. The molecule has 12 heteroatoms. The number of nitrogens with one attached hydrogen (secondary N) is 2. The van der Waals surface area contributed by atoms with E-state index in [1.54, 1.807) is 48.5 Å². The van der Waals surface area contributed by atoms with Crippen molar-refractivity contribution in [3.63, 3.8) is 0 Å². The highest BCUT2D eigenvalue weighted by molar-refractivity contribution is 7.85. The van der Waals surface area contributed by atoms with Crippen LogP contribution in [0.25, 0.3) is 11.1 Å². The van der Waals surface area contributed by atoms with E-state index in [2.05, 4.69) is 31.4 Å². The van der Waals surface area contributed by atoms with Crippen LogP contribution in [0.3, 0.4) is 0 Å². The number of rotatable bonds is 10. The Balaban J connectivity index is 1.48. The van der Waals surface area contributed by atoms with E-state index in [0.29, 0.717) is 34.7 Å². The predicted octanol–water partition coefficient (Wildman–Crippen LogP) is 8.29. The second-order valence-electron chi connectivity index (χ2n) is 13.3. The van der Waals surface area contributed by atoms with Crippen LogP contribution in [0.2, 0.25) is 5.02 Å². The van der Waals surface area contributed by atoms with E-state index in [1.165, 1.54) is 6.07 Å². The Labute approximate surface area is 279 Å². The number of anilines is 1. The van der Waals surface area contributed by atoms with E-state index < -0.39 is 33.5 Å². The summed E-state index contributed by atoms with van der Waals surface area (Å²) in [6.45, 7) is 6.50. The van der Waals surface area contributed by atoms with E-state index in [0.717, 1.165) is 43.4 Å². The molecule has 0 aliphatic heterocycles. The van der Waals surface area contributed by atoms with Gasteiger partial charge in [0.05, 0.1) is 11.3 Å². The topological polar surface area (TPSA) is 113 Å². The quantitative estimate of drug-likeness (QED) is 0.185. The molecule has 3 aromatic carbocycles. The smallest absolute Gasteiger partial charge is 0.351 e. The van der Waals surface area contributed by atoms with Crippen molar-refractivity contribution in [1.29, 1.82) is 0 Å². The highest BCUT2D eigenvalue weighted by Gasteiger charge is 2.36. The highest BCUT2D eigenvalue weighted by atomic mass is 35.5. The van der Waals surface area contributed by atoms with Gasteiger partial charge in [0.2, 0.25) is 5.91 Å². The van der Waals surface area contributed by atoms with Crippen molar-refractivity contribution in [3.05, 3.63) is 88.4 Å². The summed E-state index contributed by atoms with van der Waals surface area (Å²) in [6.07, 6.45) is -0.213. The third-order valence-electron chi connectivity index (χ3n) is 8.98. The van der Waals surface area contributed by atoms with Gasteiger partial charge in [0, 0.05) is 34.3 Å². The molecular weight excluding hydrogens is 653 g/mol. The van der Waals surface area contributed by atoms with Gasteiger partial charge in [-0.05, 0) is 96.9 Å². The second kappa shape index (κ2) is 14.8. The summed E-state index contributed by atoms with van der Waals surface area (Å²) in [4.78, 5) is 26.3. The summed E-state index contributed by atoms with van der Waals surface area (Å²) >= 11 is 6.18. The molecule has 47 heavy (non-hydrogen) atoms. The number of alkyl halides is 3. The van der Waals surface area contributed by atoms with Gasteiger partial charge in [-0.3, -0.25) is 14.1 Å². The summed E-state index contributed by atoms with van der Waals surface area (Å²) < 4.78 is 69.9. The minimum Gasteiger partial charge on any atom is -0.351 e. The molecule has 0 radical (unpaired) electrons. The second-order valence-corrected chi connectivity index (χ2v) is 15.3. The molecule has 4 rings (SSSR count). The van der Waals surface area contributed by atoms with Crippen LogP contribution >= 0.6 is 11.6 Å². The molecule has 2 amide bonds. The summed E-state index contributed by atoms with van der Waals surface area (Å²) in [5, 5.41) is 5.47. The van der Waals surface area contributed by atoms with Crippen LogP contribution in [-0.2, 0) is 27.5 Å². The molecule has 3 N–H and O–H groups in total.